The van der Waals surface area contributed by atoms with E-state index in [-0.39, 0.29) is 5.92 Å². The quantitative estimate of drug-likeness (QED) is 0.407. The van der Waals surface area contributed by atoms with Gasteiger partial charge in [0.05, 0.1) is 5.92 Å². The fourth-order valence-electron chi connectivity index (χ4n) is 0.718. The molecule has 0 saturated heterocycles. The molecule has 0 aliphatic heterocycles. The molecule has 1 rings (SSSR count). The molecule has 0 spiro atoms. The number of carbonyl (C=O) groups is 1. The van der Waals surface area contributed by atoms with E-state index in [0.29, 0.717) is 0 Å². The molecule has 3 heteroatoms. The predicted octanol–water partition coefficient (Wildman–Crippen LogP) is 0.803. The topological polar surface area (TPSA) is 46.5 Å². The maximum Gasteiger partial charge on any atom is 0.345 e. The lowest BCUT2D eigenvalue weighted by Crippen LogP contribution is -2.22. The lowest BCUT2D eigenvalue weighted by molar-refractivity contribution is -0.241. The summed E-state index contributed by atoms with van der Waals surface area (Å²) < 4.78 is 0. The summed E-state index contributed by atoms with van der Waals surface area (Å²) in [7, 11) is 0. The number of rotatable bonds is 1. The zero-order chi connectivity index (χ0) is 5.98. The van der Waals surface area contributed by atoms with Crippen molar-refractivity contribution in [2.75, 3.05) is 0 Å². The average Bonchev–Trinajstić information content (AvgIpc) is 1.62. The standard InChI is InChI=1S/C5H8O3/c6-5(8-7)4-2-1-3-4/h4,7H,1-3H2. The average molecular weight is 116 g/mol. The molecule has 0 aromatic rings. The maximum atomic E-state index is 10.3. The summed E-state index contributed by atoms with van der Waals surface area (Å²) in [5.41, 5.74) is 0. The summed E-state index contributed by atoms with van der Waals surface area (Å²) in [5, 5.41) is 7.82. The van der Waals surface area contributed by atoms with Gasteiger partial charge in [0.25, 0.3) is 0 Å². The minimum absolute atomic E-state index is 0.0139. The number of carbonyl (C=O) groups excluding carboxylic acids is 1. The fraction of sp³-hybridized carbons (Fsp3) is 0.800. The molecule has 0 heterocycles. The van der Waals surface area contributed by atoms with Gasteiger partial charge in [-0.3, -0.25) is 0 Å². The highest BCUT2D eigenvalue weighted by atomic mass is 17.1. The Morgan fingerprint density at radius 3 is 2.38 bits per heavy atom. The van der Waals surface area contributed by atoms with E-state index >= 15 is 0 Å². The Morgan fingerprint density at radius 1 is 1.62 bits per heavy atom. The molecule has 1 saturated carbocycles. The molecule has 0 bridgehead atoms. The number of hydrogen-bond donors (Lipinski definition) is 1. The maximum absolute atomic E-state index is 10.3. The molecule has 8 heavy (non-hydrogen) atoms. The molecular weight excluding hydrogens is 108 g/mol. The second-order valence-corrected chi connectivity index (χ2v) is 2.04. The zero-order valence-electron chi connectivity index (χ0n) is 4.46. The third-order valence-electron chi connectivity index (χ3n) is 1.53. The predicted molar refractivity (Wildman–Crippen MR) is 26.1 cm³/mol. The van der Waals surface area contributed by atoms with Crippen molar-refractivity contribution >= 4 is 5.97 Å². The fourth-order valence-corrected chi connectivity index (χ4v) is 0.718. The highest BCUT2D eigenvalue weighted by Gasteiger charge is 2.26. The minimum atomic E-state index is -0.476. The van der Waals surface area contributed by atoms with Gasteiger partial charge in [-0.25, -0.2) is 4.79 Å². The van der Waals surface area contributed by atoms with Crippen molar-refractivity contribution in [1.29, 1.82) is 0 Å². The smallest absolute Gasteiger partial charge is 0.301 e. The van der Waals surface area contributed by atoms with Crippen LogP contribution < -0.4 is 0 Å². The van der Waals surface area contributed by atoms with Crippen molar-refractivity contribution in [3.8, 4) is 0 Å². The molecule has 3 nitrogen and oxygen atoms in total. The van der Waals surface area contributed by atoms with E-state index in [4.69, 9.17) is 5.26 Å². The molecule has 1 N–H and O–H groups in total. The summed E-state index contributed by atoms with van der Waals surface area (Å²) in [6, 6.07) is 0. The Hall–Kier alpha value is -0.570. The molecule has 0 radical (unpaired) electrons. The summed E-state index contributed by atoms with van der Waals surface area (Å²) in [5.74, 6) is -0.490. The van der Waals surface area contributed by atoms with Gasteiger partial charge in [-0.15, -0.1) is 0 Å². The summed E-state index contributed by atoms with van der Waals surface area (Å²) in [4.78, 5) is 13.8. The second-order valence-electron chi connectivity index (χ2n) is 2.04. The van der Waals surface area contributed by atoms with Crippen LogP contribution in [0.25, 0.3) is 0 Å². The SMILES string of the molecule is O=C(OO)C1CCC1. The molecule has 46 valence electrons. The third-order valence-corrected chi connectivity index (χ3v) is 1.53. The Bertz CT molecular complexity index is 95.8. The van der Waals surface area contributed by atoms with Gasteiger partial charge in [0, 0.05) is 0 Å². The van der Waals surface area contributed by atoms with Crippen LogP contribution in [-0.4, -0.2) is 11.2 Å². The summed E-state index contributed by atoms with van der Waals surface area (Å²) >= 11 is 0. The highest BCUT2D eigenvalue weighted by Crippen LogP contribution is 2.26. The van der Waals surface area contributed by atoms with E-state index in [1.54, 1.807) is 0 Å². The van der Waals surface area contributed by atoms with Crippen molar-refractivity contribution in [1.82, 2.24) is 0 Å². The Morgan fingerprint density at radius 2 is 2.25 bits per heavy atom. The molecule has 0 aromatic heterocycles. The van der Waals surface area contributed by atoms with Crippen molar-refractivity contribution in [2.24, 2.45) is 5.92 Å². The monoisotopic (exact) mass is 116 g/mol. The first-order valence-corrected chi connectivity index (χ1v) is 2.70. The first-order valence-electron chi connectivity index (χ1n) is 2.70. The van der Waals surface area contributed by atoms with Crippen LogP contribution in [0.15, 0.2) is 0 Å². The van der Waals surface area contributed by atoms with E-state index in [1.165, 1.54) is 0 Å². The van der Waals surface area contributed by atoms with Crippen LogP contribution in [0.5, 0.6) is 0 Å². The van der Waals surface area contributed by atoms with E-state index in [9.17, 15) is 4.79 Å². The van der Waals surface area contributed by atoms with E-state index in [0.717, 1.165) is 19.3 Å². The van der Waals surface area contributed by atoms with Crippen molar-refractivity contribution in [2.45, 2.75) is 19.3 Å². The van der Waals surface area contributed by atoms with E-state index < -0.39 is 5.97 Å². The first-order chi connectivity index (χ1) is 3.84. The van der Waals surface area contributed by atoms with Crippen molar-refractivity contribution in [3.05, 3.63) is 0 Å². The van der Waals surface area contributed by atoms with Crippen LogP contribution in [0.4, 0.5) is 0 Å². The minimum Gasteiger partial charge on any atom is -0.301 e. The largest absolute Gasteiger partial charge is 0.345 e. The highest BCUT2D eigenvalue weighted by molar-refractivity contribution is 5.72. The normalized spacial score (nSPS) is 19.6. The van der Waals surface area contributed by atoms with Gasteiger partial charge in [0.15, 0.2) is 0 Å². The Labute approximate surface area is 47.2 Å². The van der Waals surface area contributed by atoms with Crippen molar-refractivity contribution < 1.29 is 14.9 Å². The molecule has 0 amide bonds. The van der Waals surface area contributed by atoms with Gasteiger partial charge < -0.3 is 4.89 Å². The lowest BCUT2D eigenvalue weighted by Gasteiger charge is -2.20. The molecule has 1 aliphatic carbocycles. The van der Waals surface area contributed by atoms with Crippen LogP contribution >= 0.6 is 0 Å². The first kappa shape index (κ1) is 5.56. The van der Waals surface area contributed by atoms with Gasteiger partial charge in [-0.2, -0.15) is 5.26 Å². The van der Waals surface area contributed by atoms with Crippen LogP contribution in [0.3, 0.4) is 0 Å². The second kappa shape index (κ2) is 2.13. The molecular formula is C5H8O3. The van der Waals surface area contributed by atoms with E-state index in [2.05, 4.69) is 4.89 Å². The molecule has 1 aliphatic rings. The van der Waals surface area contributed by atoms with Gasteiger partial charge in [0.2, 0.25) is 0 Å². The lowest BCUT2D eigenvalue weighted by atomic mass is 9.86. The van der Waals surface area contributed by atoms with Gasteiger partial charge in [0.1, 0.15) is 0 Å². The Balaban J connectivity index is 2.24. The molecule has 0 unspecified atom stereocenters. The number of hydrogen-bond acceptors (Lipinski definition) is 3. The van der Waals surface area contributed by atoms with E-state index in [1.807, 2.05) is 0 Å². The molecule has 0 aromatic carbocycles. The van der Waals surface area contributed by atoms with Crippen LogP contribution in [0.1, 0.15) is 19.3 Å². The van der Waals surface area contributed by atoms with Gasteiger partial charge >= 0.3 is 5.97 Å². The molecule has 1 fully saturated rings. The van der Waals surface area contributed by atoms with Gasteiger partial charge in [-0.05, 0) is 12.8 Å². The summed E-state index contributed by atoms with van der Waals surface area (Å²) in [6.45, 7) is 0. The third kappa shape index (κ3) is 0.816. The molecule has 0 atom stereocenters. The van der Waals surface area contributed by atoms with Crippen LogP contribution in [0, 0.1) is 5.92 Å². The zero-order valence-corrected chi connectivity index (χ0v) is 4.46. The Kier molecular flexibility index (Phi) is 1.48. The van der Waals surface area contributed by atoms with Crippen LogP contribution in [-0.2, 0) is 9.68 Å². The summed E-state index contributed by atoms with van der Waals surface area (Å²) in [6.07, 6.45) is 2.83. The van der Waals surface area contributed by atoms with Crippen molar-refractivity contribution in [3.63, 3.8) is 0 Å². The van der Waals surface area contributed by atoms with Crippen LogP contribution in [0.2, 0.25) is 0 Å². The van der Waals surface area contributed by atoms with Gasteiger partial charge in [-0.1, -0.05) is 6.42 Å².